The van der Waals surface area contributed by atoms with E-state index in [-0.39, 0.29) is 49.8 Å². The Kier molecular flexibility index (Phi) is 18.5. The number of pyridine rings is 1. The number of halogens is 11. The van der Waals surface area contributed by atoms with Gasteiger partial charge in [-0.3, -0.25) is 23.9 Å². The number of phosphoric acid groups is 1. The minimum absolute atomic E-state index is 0.00764. The number of rotatable bonds is 21. The Bertz CT molecular complexity index is 3590. The Morgan fingerprint density at radius 1 is 0.988 bits per heavy atom. The lowest BCUT2D eigenvalue weighted by Crippen LogP contribution is -2.37. The third kappa shape index (κ3) is 15.0. The molecule has 6 rings (SSSR count). The molecule has 0 aliphatic heterocycles. The van der Waals surface area contributed by atoms with E-state index in [4.69, 9.17) is 27.8 Å². The van der Waals surface area contributed by atoms with Gasteiger partial charge in [-0.25, -0.2) is 39.5 Å². The van der Waals surface area contributed by atoms with Gasteiger partial charge in [-0.1, -0.05) is 29.7 Å². The predicted molar refractivity (Wildman–Crippen MR) is 268 cm³/mol. The van der Waals surface area contributed by atoms with Crippen molar-refractivity contribution in [3.05, 3.63) is 93.0 Å². The fraction of sp³-hybridized carbons (Fsp3) is 0.447. The molecule has 3 amide bonds. The van der Waals surface area contributed by atoms with E-state index in [0.717, 1.165) is 42.5 Å². The first-order valence-corrected chi connectivity index (χ1v) is 29.1. The van der Waals surface area contributed by atoms with Crippen LogP contribution in [0.5, 0.6) is 0 Å². The molecular formula is C47H48ClF10N8O12PS2. The summed E-state index contributed by atoms with van der Waals surface area (Å²) in [5, 5.41) is 8.49. The molecule has 5 aromatic rings. The summed E-state index contributed by atoms with van der Waals surface area (Å²) in [6, 6.07) is 4.79. The number of aryl methyl sites for hydroxylation is 1. The zero-order chi connectivity index (χ0) is 60.7. The smallest absolute Gasteiger partial charge is 0.422 e. The molecular weight excluding hydrogens is 1190 g/mol. The lowest BCUT2D eigenvalue weighted by molar-refractivity contribution is -0.143. The van der Waals surface area contributed by atoms with Crippen LogP contribution in [0.25, 0.3) is 22.0 Å². The van der Waals surface area contributed by atoms with Gasteiger partial charge in [0, 0.05) is 54.7 Å². The number of benzene rings is 2. The van der Waals surface area contributed by atoms with Crippen molar-refractivity contribution in [2.45, 2.75) is 94.5 Å². The Morgan fingerprint density at radius 3 is 2.19 bits per heavy atom. The molecule has 2 aromatic carbocycles. The van der Waals surface area contributed by atoms with Gasteiger partial charge in [-0.15, -0.1) is 6.42 Å². The summed E-state index contributed by atoms with van der Waals surface area (Å²) < 4.78 is 219. The van der Waals surface area contributed by atoms with Crippen molar-refractivity contribution in [3.63, 3.8) is 0 Å². The quantitative estimate of drug-likeness (QED) is 0.0274. The normalized spacial score (nSPS) is 15.3. The molecule has 34 heteroatoms. The van der Waals surface area contributed by atoms with E-state index in [0.29, 0.717) is 12.3 Å². The highest BCUT2D eigenvalue weighted by Gasteiger charge is 2.55. The number of sulfonamides is 1. The van der Waals surface area contributed by atoms with E-state index in [2.05, 4.69) is 29.8 Å². The topological polar surface area (TPSA) is 263 Å². The number of carbonyl (C=O) groups excluding carboxylic acids is 3. The Morgan fingerprint density at radius 2 is 1.62 bits per heavy atom. The first-order valence-electron chi connectivity index (χ1n) is 23.5. The fourth-order valence-electron chi connectivity index (χ4n) is 8.67. The van der Waals surface area contributed by atoms with E-state index < -0.39 is 188 Å². The van der Waals surface area contributed by atoms with Crippen molar-refractivity contribution in [1.82, 2.24) is 34.8 Å². The molecule has 442 valence electrons. The van der Waals surface area contributed by atoms with Crippen LogP contribution in [0.4, 0.5) is 54.5 Å². The SMILES string of the molecule is C#C[C@@H]1Cc2c(C(F)(F)F)nn(CC(=O)N[C@@H](Cc3cc(F)cc(F)c3)c3nc(CCC(C)(C)S(C)(=O)=O)ccc3-c3ccc(Cl)c4c(N(C(=O)CCCN(C)C(=O)OCOP(=O)(O)O)S(C)(=O)=O)nn(CC(F)(F)F)c34)c2C1(F)F. The highest BCUT2D eigenvalue weighted by molar-refractivity contribution is 7.93. The number of carbonyl (C=O) groups is 3. The van der Waals surface area contributed by atoms with Gasteiger partial charge in [0.15, 0.2) is 21.3 Å². The molecule has 0 unspecified atom stereocenters. The highest BCUT2D eigenvalue weighted by atomic mass is 35.5. The third-order valence-electron chi connectivity index (χ3n) is 12.8. The van der Waals surface area contributed by atoms with Gasteiger partial charge in [0.1, 0.15) is 30.4 Å². The number of hydrogen-bond donors (Lipinski definition) is 3. The van der Waals surface area contributed by atoms with Crippen molar-refractivity contribution < 1.29 is 98.7 Å². The average molecular weight is 1240 g/mol. The molecule has 0 saturated carbocycles. The summed E-state index contributed by atoms with van der Waals surface area (Å²) in [5.41, 5.74) is -6.23. The van der Waals surface area contributed by atoms with E-state index in [1.807, 2.05) is 0 Å². The van der Waals surface area contributed by atoms with Crippen molar-refractivity contribution in [2.24, 2.45) is 5.92 Å². The highest BCUT2D eigenvalue weighted by Crippen LogP contribution is 2.50. The third-order valence-corrected chi connectivity index (χ3v) is 16.8. The monoisotopic (exact) mass is 1240 g/mol. The standard InChI is InChI=1S/C47H48ClF10N8O12PS2/c1-7-26-20-32-40(47(56,57)58)61-64(41(32)46(26,54)55)22-35(67)60-34(19-25-17-27(49)21-28(50)18-25)38-30(11-10-29(59-38)14-15-44(2,3)80(5,73)74)31-12-13-33(48)37-39(31)65(23-45(51,52)53)62-42(37)66(81(6,75)76)36(68)9-8-16-63(4)43(69)77-24-78-79(70,71)72/h1,10-13,17-18,21,26,34H,8-9,14-16,19-20,22-24H2,2-6H3,(H,60,67)(H2,70,71,72)/t26-,34+/m1/s1. The summed E-state index contributed by atoms with van der Waals surface area (Å²) in [5.74, 6) is -10.6. The number of nitrogens with one attached hydrogen (secondary N) is 1. The zero-order valence-electron chi connectivity index (χ0n) is 42.9. The van der Waals surface area contributed by atoms with Crippen LogP contribution < -0.4 is 9.62 Å². The number of anilines is 1. The lowest BCUT2D eigenvalue weighted by Gasteiger charge is -2.25. The number of hydrogen-bond acceptors (Lipinski definition) is 13. The number of nitrogens with zero attached hydrogens (tertiary/aromatic N) is 7. The van der Waals surface area contributed by atoms with Gasteiger partial charge in [0.05, 0.1) is 44.6 Å². The van der Waals surface area contributed by atoms with Gasteiger partial charge in [-0.2, -0.15) is 49.6 Å². The van der Waals surface area contributed by atoms with Gasteiger partial charge >= 0.3 is 32.2 Å². The molecule has 0 saturated heterocycles. The molecule has 0 radical (unpaired) electrons. The molecule has 3 aromatic heterocycles. The maximum atomic E-state index is 15.7. The molecule has 3 heterocycles. The number of amides is 3. The largest absolute Gasteiger partial charge is 0.472 e. The second-order valence-electron chi connectivity index (χ2n) is 19.3. The van der Waals surface area contributed by atoms with Crippen molar-refractivity contribution in [1.29, 1.82) is 0 Å². The van der Waals surface area contributed by atoms with Gasteiger partial charge in [-0.05, 0) is 75.8 Å². The van der Waals surface area contributed by atoms with Crippen LogP contribution >= 0.6 is 19.4 Å². The molecule has 0 spiro atoms. The Hall–Kier alpha value is -6.36. The summed E-state index contributed by atoms with van der Waals surface area (Å²) in [6.07, 6.45) is -8.35. The van der Waals surface area contributed by atoms with Crippen molar-refractivity contribution in [2.75, 3.05) is 37.2 Å². The van der Waals surface area contributed by atoms with Crippen LogP contribution in [0.1, 0.15) is 73.1 Å². The zero-order valence-corrected chi connectivity index (χ0v) is 46.2. The van der Waals surface area contributed by atoms with Gasteiger partial charge in [0.25, 0.3) is 0 Å². The molecule has 0 bridgehead atoms. The van der Waals surface area contributed by atoms with Crippen LogP contribution in [0, 0.1) is 29.9 Å². The number of sulfone groups is 1. The fourth-order valence-corrected chi connectivity index (χ4v) is 10.5. The summed E-state index contributed by atoms with van der Waals surface area (Å²) in [7, 11) is -12.6. The maximum Gasteiger partial charge on any atom is 0.472 e. The molecule has 2 atom stereocenters. The molecule has 1 aliphatic rings. The van der Waals surface area contributed by atoms with E-state index in [1.165, 1.54) is 26.0 Å². The summed E-state index contributed by atoms with van der Waals surface area (Å²) in [6.45, 7) is -2.28. The molecule has 20 nitrogen and oxygen atoms in total. The number of alkyl halides is 8. The molecule has 1 aliphatic carbocycles. The van der Waals surface area contributed by atoms with E-state index >= 15 is 8.78 Å². The first-order chi connectivity index (χ1) is 37.1. The summed E-state index contributed by atoms with van der Waals surface area (Å²) in [4.78, 5) is 63.7. The Balaban J connectivity index is 1.55. The number of fused-ring (bicyclic) bond motifs is 2. The Labute approximate surface area is 459 Å². The number of phosphoric ester groups is 1. The number of aromatic nitrogens is 5. The van der Waals surface area contributed by atoms with Crippen LogP contribution in [0.2, 0.25) is 5.02 Å². The molecule has 3 N–H and O–H groups in total. The van der Waals surface area contributed by atoms with Gasteiger partial charge in [0.2, 0.25) is 28.6 Å². The minimum atomic E-state index is -5.33. The second-order valence-corrected chi connectivity index (χ2v) is 25.4. The van der Waals surface area contributed by atoms with Crippen LogP contribution in [0.15, 0.2) is 42.5 Å². The lowest BCUT2D eigenvalue weighted by atomic mass is 9.93. The average Bonchev–Trinajstić information content (AvgIpc) is 3.96. The number of terminal acetylenes is 1. The molecule has 0 fully saturated rings. The molecule has 81 heavy (non-hydrogen) atoms. The van der Waals surface area contributed by atoms with Gasteiger partial charge < -0.3 is 24.7 Å². The minimum Gasteiger partial charge on any atom is -0.422 e. The second kappa shape index (κ2) is 23.5. The first kappa shape index (κ1) is 63.8. The maximum absolute atomic E-state index is 15.7. The van der Waals surface area contributed by atoms with Crippen LogP contribution in [-0.4, -0.2) is 118 Å². The number of ether oxygens (including phenoxy) is 1. The van der Waals surface area contributed by atoms with Crippen molar-refractivity contribution in [3.8, 4) is 23.5 Å². The van der Waals surface area contributed by atoms with Crippen LogP contribution in [-0.2, 0) is 87.7 Å². The predicted octanol–water partition coefficient (Wildman–Crippen LogP) is 7.77. The van der Waals surface area contributed by atoms with Crippen molar-refractivity contribution >= 4 is 73.9 Å². The van der Waals surface area contributed by atoms with Crippen LogP contribution in [0.3, 0.4) is 0 Å². The van der Waals surface area contributed by atoms with E-state index in [1.54, 1.807) is 5.92 Å². The van der Waals surface area contributed by atoms with E-state index in [9.17, 15) is 70.9 Å². The summed E-state index contributed by atoms with van der Waals surface area (Å²) >= 11 is 6.67.